The molecule has 3 rings (SSSR count). The van der Waals surface area contributed by atoms with Gasteiger partial charge in [0.2, 0.25) is 0 Å². The Kier molecular flexibility index (Phi) is 3.82. The minimum absolute atomic E-state index is 0.00204. The minimum atomic E-state index is -0.0574. The molecule has 1 amide bonds. The first-order valence-corrected chi connectivity index (χ1v) is 8.40. The summed E-state index contributed by atoms with van der Waals surface area (Å²) in [5.74, 6) is 0.560. The third kappa shape index (κ3) is 2.80. The standard InChI is InChI=1S/C16H22N4OS/c1-16(2,3)13-7-14(19-20(13)4)18-15(21)11-9-22-12-8-17-6-5-10(11)12/h7,9,17H,5-6,8H2,1-4H3,(H,18,19,21). The van der Waals surface area contributed by atoms with E-state index in [9.17, 15) is 4.79 Å². The first-order chi connectivity index (χ1) is 10.4. The number of amides is 1. The third-order valence-electron chi connectivity index (χ3n) is 3.95. The molecule has 0 atom stereocenters. The van der Waals surface area contributed by atoms with Gasteiger partial charge in [0.25, 0.3) is 5.91 Å². The fourth-order valence-electron chi connectivity index (χ4n) is 2.86. The van der Waals surface area contributed by atoms with Gasteiger partial charge in [0.1, 0.15) is 0 Å². The van der Waals surface area contributed by atoms with Crippen molar-refractivity contribution in [2.75, 3.05) is 11.9 Å². The molecular formula is C16H22N4OS. The van der Waals surface area contributed by atoms with Crippen molar-refractivity contribution in [3.63, 3.8) is 0 Å². The zero-order valence-electron chi connectivity index (χ0n) is 13.5. The van der Waals surface area contributed by atoms with Crippen LogP contribution in [-0.4, -0.2) is 22.2 Å². The average Bonchev–Trinajstić information content (AvgIpc) is 3.01. The number of fused-ring (bicyclic) bond motifs is 1. The third-order valence-corrected chi connectivity index (χ3v) is 4.98. The summed E-state index contributed by atoms with van der Waals surface area (Å²) in [7, 11) is 1.91. The molecule has 1 aliphatic heterocycles. The summed E-state index contributed by atoms with van der Waals surface area (Å²) in [6, 6.07) is 1.96. The molecule has 0 saturated heterocycles. The van der Waals surface area contributed by atoms with Gasteiger partial charge in [0, 0.05) is 41.0 Å². The van der Waals surface area contributed by atoms with Crippen molar-refractivity contribution in [2.45, 2.75) is 39.2 Å². The Morgan fingerprint density at radius 1 is 1.45 bits per heavy atom. The Labute approximate surface area is 134 Å². The van der Waals surface area contributed by atoms with Crippen LogP contribution in [0.1, 0.15) is 47.3 Å². The predicted molar refractivity (Wildman–Crippen MR) is 89.6 cm³/mol. The quantitative estimate of drug-likeness (QED) is 0.895. The monoisotopic (exact) mass is 318 g/mol. The molecule has 0 spiro atoms. The number of thiophene rings is 1. The lowest BCUT2D eigenvalue weighted by Gasteiger charge is -2.17. The minimum Gasteiger partial charge on any atom is -0.312 e. The van der Waals surface area contributed by atoms with Crippen LogP contribution in [0.5, 0.6) is 0 Å². The molecular weight excluding hydrogens is 296 g/mol. The van der Waals surface area contributed by atoms with Gasteiger partial charge in [0.05, 0.1) is 5.56 Å². The Morgan fingerprint density at radius 2 is 2.23 bits per heavy atom. The number of hydrogen-bond acceptors (Lipinski definition) is 4. The molecule has 0 unspecified atom stereocenters. The van der Waals surface area contributed by atoms with Crippen LogP contribution < -0.4 is 10.6 Å². The van der Waals surface area contributed by atoms with Crippen LogP contribution in [0.4, 0.5) is 5.82 Å². The second-order valence-electron chi connectivity index (χ2n) is 6.72. The first kappa shape index (κ1) is 15.2. The number of hydrogen-bond donors (Lipinski definition) is 2. The summed E-state index contributed by atoms with van der Waals surface area (Å²) < 4.78 is 1.84. The van der Waals surface area contributed by atoms with E-state index in [0.29, 0.717) is 5.82 Å². The highest BCUT2D eigenvalue weighted by Gasteiger charge is 2.23. The first-order valence-electron chi connectivity index (χ1n) is 7.52. The molecule has 2 aromatic heterocycles. The van der Waals surface area contributed by atoms with Gasteiger partial charge in [-0.15, -0.1) is 11.3 Å². The van der Waals surface area contributed by atoms with Gasteiger partial charge in [0.15, 0.2) is 5.82 Å². The predicted octanol–water partition coefficient (Wildman–Crippen LogP) is 2.68. The van der Waals surface area contributed by atoms with Crippen LogP contribution in [0.2, 0.25) is 0 Å². The molecule has 0 bridgehead atoms. The van der Waals surface area contributed by atoms with E-state index in [-0.39, 0.29) is 11.3 Å². The summed E-state index contributed by atoms with van der Waals surface area (Å²) in [4.78, 5) is 13.8. The number of rotatable bonds is 2. The van der Waals surface area contributed by atoms with Crippen LogP contribution in [0.25, 0.3) is 0 Å². The van der Waals surface area contributed by atoms with Crippen molar-refractivity contribution in [3.8, 4) is 0 Å². The van der Waals surface area contributed by atoms with Crippen LogP contribution >= 0.6 is 11.3 Å². The van der Waals surface area contributed by atoms with Crippen molar-refractivity contribution in [2.24, 2.45) is 7.05 Å². The smallest absolute Gasteiger partial charge is 0.257 e. The fourth-order valence-corrected chi connectivity index (χ4v) is 3.91. The lowest BCUT2D eigenvalue weighted by Crippen LogP contribution is -2.24. The van der Waals surface area contributed by atoms with Crippen LogP contribution in [-0.2, 0) is 25.4 Å². The Balaban J connectivity index is 1.82. The van der Waals surface area contributed by atoms with Crippen molar-refractivity contribution < 1.29 is 4.79 Å². The molecule has 0 radical (unpaired) electrons. The number of aryl methyl sites for hydroxylation is 1. The number of nitrogens with one attached hydrogen (secondary N) is 2. The molecule has 0 fully saturated rings. The van der Waals surface area contributed by atoms with Gasteiger partial charge in [-0.05, 0) is 18.5 Å². The average molecular weight is 318 g/mol. The molecule has 0 aromatic carbocycles. The number of carbonyl (C=O) groups is 1. The number of aromatic nitrogens is 2. The SMILES string of the molecule is Cn1nc(NC(=O)c2csc3c2CCNC3)cc1C(C)(C)C. The van der Waals surface area contributed by atoms with Gasteiger partial charge < -0.3 is 10.6 Å². The van der Waals surface area contributed by atoms with Crippen LogP contribution in [0.3, 0.4) is 0 Å². The second kappa shape index (κ2) is 5.52. The van der Waals surface area contributed by atoms with E-state index in [1.54, 1.807) is 11.3 Å². The molecule has 3 heterocycles. The molecule has 1 aliphatic rings. The maximum atomic E-state index is 12.5. The van der Waals surface area contributed by atoms with Crippen molar-refractivity contribution in [3.05, 3.63) is 33.1 Å². The van der Waals surface area contributed by atoms with Gasteiger partial charge in [-0.1, -0.05) is 20.8 Å². The van der Waals surface area contributed by atoms with Gasteiger partial charge in [-0.2, -0.15) is 5.10 Å². The summed E-state index contributed by atoms with van der Waals surface area (Å²) in [5, 5.41) is 12.7. The zero-order valence-corrected chi connectivity index (χ0v) is 14.3. The highest BCUT2D eigenvalue weighted by atomic mass is 32.1. The maximum absolute atomic E-state index is 12.5. The zero-order chi connectivity index (χ0) is 15.9. The van der Waals surface area contributed by atoms with E-state index in [1.165, 1.54) is 10.4 Å². The molecule has 5 nitrogen and oxygen atoms in total. The molecule has 0 aliphatic carbocycles. The summed E-state index contributed by atoms with van der Waals surface area (Å²) in [6.45, 7) is 8.21. The number of carbonyl (C=O) groups excluding carboxylic acids is 1. The van der Waals surface area contributed by atoms with Crippen LogP contribution in [0, 0.1) is 0 Å². The Hall–Kier alpha value is -1.66. The molecule has 2 N–H and O–H groups in total. The molecule has 118 valence electrons. The normalized spacial score (nSPS) is 14.7. The fraction of sp³-hybridized carbons (Fsp3) is 0.500. The maximum Gasteiger partial charge on any atom is 0.257 e. The van der Waals surface area contributed by atoms with Gasteiger partial charge in [-0.25, -0.2) is 0 Å². The van der Waals surface area contributed by atoms with E-state index in [1.807, 2.05) is 23.2 Å². The lowest BCUT2D eigenvalue weighted by atomic mass is 9.92. The van der Waals surface area contributed by atoms with Crippen LogP contribution in [0.15, 0.2) is 11.4 Å². The van der Waals surface area contributed by atoms with Gasteiger partial charge in [-0.3, -0.25) is 9.48 Å². The molecule has 6 heteroatoms. The summed E-state index contributed by atoms with van der Waals surface area (Å²) in [5.41, 5.74) is 3.08. The van der Waals surface area contributed by atoms with Crippen molar-refractivity contribution in [1.29, 1.82) is 0 Å². The number of nitrogens with zero attached hydrogens (tertiary/aromatic N) is 2. The topological polar surface area (TPSA) is 59.0 Å². The highest BCUT2D eigenvalue weighted by molar-refractivity contribution is 7.10. The Bertz CT molecular complexity index is 708. The Morgan fingerprint density at radius 3 is 2.91 bits per heavy atom. The van der Waals surface area contributed by atoms with E-state index >= 15 is 0 Å². The van der Waals surface area contributed by atoms with Crippen molar-refractivity contribution in [1.82, 2.24) is 15.1 Å². The molecule has 22 heavy (non-hydrogen) atoms. The van der Waals surface area contributed by atoms with E-state index in [2.05, 4.69) is 36.5 Å². The largest absolute Gasteiger partial charge is 0.312 e. The molecule has 2 aromatic rings. The second-order valence-corrected chi connectivity index (χ2v) is 7.68. The van der Waals surface area contributed by atoms with E-state index in [4.69, 9.17) is 0 Å². The lowest BCUT2D eigenvalue weighted by molar-refractivity contribution is 0.102. The summed E-state index contributed by atoms with van der Waals surface area (Å²) >= 11 is 1.65. The van der Waals surface area contributed by atoms with Gasteiger partial charge >= 0.3 is 0 Å². The van der Waals surface area contributed by atoms with E-state index in [0.717, 1.165) is 30.8 Å². The highest BCUT2D eigenvalue weighted by Crippen LogP contribution is 2.27. The summed E-state index contributed by atoms with van der Waals surface area (Å²) in [6.07, 6.45) is 0.914. The van der Waals surface area contributed by atoms with Crippen molar-refractivity contribution >= 4 is 23.1 Å². The van der Waals surface area contributed by atoms with E-state index < -0.39 is 0 Å². The molecule has 0 saturated carbocycles. The number of anilines is 1.